The second-order valence-corrected chi connectivity index (χ2v) is 6.69. The lowest BCUT2D eigenvalue weighted by molar-refractivity contribution is -0.115. The molecule has 144 valence electrons. The highest BCUT2D eigenvalue weighted by atomic mass is 19.1. The largest absolute Gasteiger partial charge is 0.323 e. The lowest BCUT2D eigenvalue weighted by Gasteiger charge is -2.13. The number of nitrogens with one attached hydrogen (secondary N) is 1. The molecule has 0 unspecified atom stereocenters. The molecule has 3 aromatic carbocycles. The molecular formula is C23H18FN3O2. The second-order valence-electron chi connectivity index (χ2n) is 6.69. The molecule has 5 nitrogen and oxygen atoms in total. The first-order valence-corrected chi connectivity index (χ1v) is 9.15. The van der Waals surface area contributed by atoms with Crippen molar-refractivity contribution >= 4 is 22.5 Å². The van der Waals surface area contributed by atoms with Crippen molar-refractivity contribution in [2.45, 2.75) is 13.3 Å². The molecule has 1 N–H and O–H groups in total. The third-order valence-electron chi connectivity index (χ3n) is 4.63. The minimum absolute atomic E-state index is 0.0166. The lowest BCUT2D eigenvalue weighted by atomic mass is 10.1. The van der Waals surface area contributed by atoms with E-state index < -0.39 is 5.82 Å². The van der Waals surface area contributed by atoms with Gasteiger partial charge < -0.3 is 5.32 Å². The predicted octanol–water partition coefficient (Wildman–Crippen LogP) is 4.01. The molecule has 6 heteroatoms. The first kappa shape index (κ1) is 18.6. The summed E-state index contributed by atoms with van der Waals surface area (Å²) >= 11 is 0. The molecule has 4 rings (SSSR count). The molecular weight excluding hydrogens is 369 g/mol. The number of halogens is 1. The van der Waals surface area contributed by atoms with Gasteiger partial charge in [-0.05, 0) is 42.8 Å². The molecule has 0 aliphatic heterocycles. The first-order valence-electron chi connectivity index (χ1n) is 9.15. The van der Waals surface area contributed by atoms with Crippen LogP contribution in [0.2, 0.25) is 0 Å². The zero-order chi connectivity index (χ0) is 20.4. The molecule has 4 aromatic rings. The number of aromatic nitrogens is 2. The Morgan fingerprint density at radius 1 is 1.03 bits per heavy atom. The number of benzene rings is 3. The number of aryl methyl sites for hydroxylation is 1. The number of para-hydroxylation sites is 1. The summed E-state index contributed by atoms with van der Waals surface area (Å²) in [5.41, 5.74) is 1.63. The number of hydrogen-bond acceptors (Lipinski definition) is 3. The van der Waals surface area contributed by atoms with E-state index in [0.717, 1.165) is 5.56 Å². The van der Waals surface area contributed by atoms with E-state index in [0.29, 0.717) is 22.4 Å². The molecule has 0 spiro atoms. The minimum atomic E-state index is -0.574. The Morgan fingerprint density at radius 3 is 2.55 bits per heavy atom. The van der Waals surface area contributed by atoms with Crippen molar-refractivity contribution in [1.82, 2.24) is 9.55 Å². The summed E-state index contributed by atoms with van der Waals surface area (Å²) in [4.78, 5) is 29.7. The van der Waals surface area contributed by atoms with Crippen LogP contribution < -0.4 is 10.9 Å². The lowest BCUT2D eigenvalue weighted by Crippen LogP contribution is -2.23. The third kappa shape index (κ3) is 3.78. The van der Waals surface area contributed by atoms with Gasteiger partial charge in [0, 0.05) is 0 Å². The van der Waals surface area contributed by atoms with Gasteiger partial charge >= 0.3 is 0 Å². The van der Waals surface area contributed by atoms with Gasteiger partial charge in [-0.1, -0.05) is 42.5 Å². The van der Waals surface area contributed by atoms with E-state index in [4.69, 9.17) is 0 Å². The molecule has 0 aliphatic carbocycles. The van der Waals surface area contributed by atoms with Crippen LogP contribution in [0.3, 0.4) is 0 Å². The Kier molecular flexibility index (Phi) is 4.91. The predicted molar refractivity (Wildman–Crippen MR) is 111 cm³/mol. The van der Waals surface area contributed by atoms with Gasteiger partial charge in [-0.25, -0.2) is 9.37 Å². The van der Waals surface area contributed by atoms with Crippen LogP contribution in [0.15, 0.2) is 77.6 Å². The van der Waals surface area contributed by atoms with Gasteiger partial charge in [0.25, 0.3) is 5.56 Å². The molecule has 0 radical (unpaired) electrons. The molecule has 0 atom stereocenters. The quantitative estimate of drug-likeness (QED) is 0.575. The molecule has 0 saturated heterocycles. The zero-order valence-corrected chi connectivity index (χ0v) is 15.7. The topological polar surface area (TPSA) is 64.0 Å². The highest BCUT2D eigenvalue weighted by Gasteiger charge is 2.13. The Hall–Kier alpha value is -3.80. The number of hydrogen-bond donors (Lipinski definition) is 1. The summed E-state index contributed by atoms with van der Waals surface area (Å²) in [5, 5.41) is 3.06. The molecule has 1 aromatic heterocycles. The minimum Gasteiger partial charge on any atom is -0.323 e. The highest BCUT2D eigenvalue weighted by Crippen LogP contribution is 2.20. The van der Waals surface area contributed by atoms with Gasteiger partial charge in [-0.15, -0.1) is 0 Å². The van der Waals surface area contributed by atoms with Crippen LogP contribution in [0.4, 0.5) is 10.1 Å². The van der Waals surface area contributed by atoms with Crippen molar-refractivity contribution in [2.24, 2.45) is 0 Å². The first-order chi connectivity index (χ1) is 14.0. The fraction of sp³-hybridized carbons (Fsp3) is 0.0870. The van der Waals surface area contributed by atoms with Crippen molar-refractivity contribution in [3.05, 3.63) is 100 Å². The molecule has 1 amide bonds. The summed E-state index contributed by atoms with van der Waals surface area (Å²) in [6.07, 6.45) is 0.126. The van der Waals surface area contributed by atoms with Gasteiger partial charge in [0.1, 0.15) is 11.6 Å². The summed E-state index contributed by atoms with van der Waals surface area (Å²) in [7, 11) is 0. The standard InChI is InChI=1S/C23H18FN3O2/c1-15-25-20-10-6-5-9-18(20)23(29)27(15)17-11-12-19(24)21(14-17)26-22(28)13-16-7-3-2-4-8-16/h2-12,14H,13H2,1H3,(H,26,28). The van der Waals surface area contributed by atoms with E-state index in [9.17, 15) is 14.0 Å². The second kappa shape index (κ2) is 7.67. The summed E-state index contributed by atoms with van der Waals surface area (Å²) in [5.74, 6) is -0.440. The molecule has 29 heavy (non-hydrogen) atoms. The monoisotopic (exact) mass is 387 g/mol. The van der Waals surface area contributed by atoms with Crippen molar-refractivity contribution in [3.8, 4) is 5.69 Å². The van der Waals surface area contributed by atoms with Gasteiger partial charge in [0.15, 0.2) is 0 Å². The molecule has 0 aliphatic rings. The summed E-state index contributed by atoms with van der Waals surface area (Å²) in [6.45, 7) is 1.71. The fourth-order valence-corrected chi connectivity index (χ4v) is 3.27. The van der Waals surface area contributed by atoms with Gasteiger partial charge in [-0.3, -0.25) is 14.2 Å². The van der Waals surface area contributed by atoms with Crippen LogP contribution in [-0.4, -0.2) is 15.5 Å². The van der Waals surface area contributed by atoms with Crippen LogP contribution >= 0.6 is 0 Å². The molecule has 0 fully saturated rings. The van der Waals surface area contributed by atoms with E-state index in [1.165, 1.54) is 22.8 Å². The maximum Gasteiger partial charge on any atom is 0.265 e. The Bertz CT molecular complexity index is 1270. The Morgan fingerprint density at radius 2 is 1.76 bits per heavy atom. The van der Waals surface area contributed by atoms with Gasteiger partial charge in [0.05, 0.1) is 28.7 Å². The summed E-state index contributed by atoms with van der Waals surface area (Å²) in [6, 6.07) is 20.4. The Balaban J connectivity index is 1.70. The zero-order valence-electron chi connectivity index (χ0n) is 15.7. The SMILES string of the molecule is Cc1nc2ccccc2c(=O)n1-c1ccc(F)c(NC(=O)Cc2ccccc2)c1. The van der Waals surface area contributed by atoms with Crippen LogP contribution in [-0.2, 0) is 11.2 Å². The van der Waals surface area contributed by atoms with Crippen LogP contribution in [0, 0.1) is 12.7 Å². The fourth-order valence-electron chi connectivity index (χ4n) is 3.27. The average Bonchev–Trinajstić information content (AvgIpc) is 2.71. The molecule has 0 saturated carbocycles. The Labute approximate surface area is 166 Å². The molecule has 0 bridgehead atoms. The number of fused-ring (bicyclic) bond motifs is 1. The smallest absolute Gasteiger partial charge is 0.265 e. The number of rotatable bonds is 4. The van der Waals surface area contributed by atoms with E-state index in [-0.39, 0.29) is 23.6 Å². The van der Waals surface area contributed by atoms with Crippen LogP contribution in [0.1, 0.15) is 11.4 Å². The van der Waals surface area contributed by atoms with Crippen molar-refractivity contribution in [2.75, 3.05) is 5.32 Å². The third-order valence-corrected chi connectivity index (χ3v) is 4.63. The van der Waals surface area contributed by atoms with Gasteiger partial charge in [-0.2, -0.15) is 0 Å². The van der Waals surface area contributed by atoms with Crippen molar-refractivity contribution < 1.29 is 9.18 Å². The maximum absolute atomic E-state index is 14.3. The maximum atomic E-state index is 14.3. The number of amides is 1. The summed E-state index contributed by atoms with van der Waals surface area (Å²) < 4.78 is 15.7. The van der Waals surface area contributed by atoms with Crippen molar-refractivity contribution in [1.29, 1.82) is 0 Å². The van der Waals surface area contributed by atoms with Gasteiger partial charge in [0.2, 0.25) is 5.91 Å². The highest BCUT2D eigenvalue weighted by molar-refractivity contribution is 5.92. The average molecular weight is 387 g/mol. The van der Waals surface area contributed by atoms with Crippen molar-refractivity contribution in [3.63, 3.8) is 0 Å². The van der Waals surface area contributed by atoms with Crippen LogP contribution in [0.25, 0.3) is 16.6 Å². The van der Waals surface area contributed by atoms with Crippen LogP contribution in [0.5, 0.6) is 0 Å². The van der Waals surface area contributed by atoms with E-state index in [2.05, 4.69) is 10.3 Å². The van der Waals surface area contributed by atoms with E-state index >= 15 is 0 Å². The normalized spacial score (nSPS) is 10.8. The van der Waals surface area contributed by atoms with E-state index in [1.54, 1.807) is 25.1 Å². The number of carbonyl (C=O) groups excluding carboxylic acids is 1. The number of anilines is 1. The molecule has 1 heterocycles. The number of carbonyl (C=O) groups is 1. The number of nitrogens with zero attached hydrogens (tertiary/aromatic N) is 2. The van der Waals surface area contributed by atoms with E-state index in [1.807, 2.05) is 36.4 Å².